The van der Waals surface area contributed by atoms with Crippen LogP contribution in [0.15, 0.2) is 77.8 Å². The maximum absolute atomic E-state index is 12.7. The highest BCUT2D eigenvalue weighted by Crippen LogP contribution is 2.32. The standard InChI is InChI=1S/C31H34N4O2/c1-21(2)32-30(36)24-13-16-27-26(19-24)28(31(37)34-27)29(23-9-5-3-6-10-23)33-25-14-11-22(12-15-25)20-35-17-7-4-8-18-35/h3,5-6,9-16,19,21,34,37H,4,7-8,17-18,20H2,1-2H3,(H,32,36). The van der Waals surface area contributed by atoms with Crippen LogP contribution < -0.4 is 5.32 Å². The molecule has 1 fully saturated rings. The van der Waals surface area contributed by atoms with Gasteiger partial charge in [0, 0.05) is 34.6 Å². The van der Waals surface area contributed by atoms with Crippen LogP contribution in [0.5, 0.6) is 5.88 Å². The zero-order valence-corrected chi connectivity index (χ0v) is 21.5. The van der Waals surface area contributed by atoms with Crippen molar-refractivity contribution in [2.75, 3.05) is 13.1 Å². The van der Waals surface area contributed by atoms with E-state index >= 15 is 0 Å². The first-order chi connectivity index (χ1) is 18.0. The quantitative estimate of drug-likeness (QED) is 0.269. The Hall–Kier alpha value is -3.90. The van der Waals surface area contributed by atoms with Gasteiger partial charge >= 0.3 is 0 Å². The van der Waals surface area contributed by atoms with Gasteiger partial charge in [0.05, 0.1) is 17.0 Å². The molecule has 6 nitrogen and oxygen atoms in total. The van der Waals surface area contributed by atoms with Gasteiger partial charge in [0.1, 0.15) is 0 Å². The number of aromatic nitrogens is 1. The molecule has 3 aromatic carbocycles. The number of hydrogen-bond donors (Lipinski definition) is 3. The molecule has 0 bridgehead atoms. The summed E-state index contributed by atoms with van der Waals surface area (Å²) in [5, 5.41) is 14.7. The molecule has 1 aliphatic heterocycles. The van der Waals surface area contributed by atoms with Gasteiger partial charge in [-0.3, -0.25) is 9.69 Å². The van der Waals surface area contributed by atoms with Gasteiger partial charge in [0.25, 0.3) is 5.91 Å². The number of H-pyrrole nitrogens is 1. The minimum atomic E-state index is -0.147. The first kappa shape index (κ1) is 24.8. The first-order valence-electron chi connectivity index (χ1n) is 13.1. The van der Waals surface area contributed by atoms with Gasteiger partial charge in [-0.2, -0.15) is 0 Å². The number of carbonyl (C=O) groups is 1. The van der Waals surface area contributed by atoms with Crippen molar-refractivity contribution in [3.63, 3.8) is 0 Å². The third kappa shape index (κ3) is 5.75. The Morgan fingerprint density at radius 3 is 2.41 bits per heavy atom. The normalized spacial score (nSPS) is 14.8. The molecule has 5 rings (SSSR count). The summed E-state index contributed by atoms with van der Waals surface area (Å²) in [5.74, 6) is -0.119. The average molecular weight is 495 g/mol. The lowest BCUT2D eigenvalue weighted by Crippen LogP contribution is -2.29. The smallest absolute Gasteiger partial charge is 0.251 e. The summed E-state index contributed by atoms with van der Waals surface area (Å²) in [7, 11) is 0. The molecule has 0 radical (unpaired) electrons. The molecule has 0 spiro atoms. The molecular formula is C31H34N4O2. The molecule has 4 aromatic rings. The van der Waals surface area contributed by atoms with Gasteiger partial charge < -0.3 is 15.4 Å². The van der Waals surface area contributed by atoms with Crippen molar-refractivity contribution in [3.8, 4) is 5.88 Å². The van der Waals surface area contributed by atoms with E-state index in [1.165, 1.54) is 24.8 Å². The molecule has 0 saturated carbocycles. The van der Waals surface area contributed by atoms with E-state index in [-0.39, 0.29) is 17.8 Å². The van der Waals surface area contributed by atoms with Gasteiger partial charge in [-0.1, -0.05) is 48.9 Å². The molecule has 1 saturated heterocycles. The highest BCUT2D eigenvalue weighted by Gasteiger charge is 2.20. The predicted molar refractivity (Wildman–Crippen MR) is 150 cm³/mol. The zero-order chi connectivity index (χ0) is 25.8. The van der Waals surface area contributed by atoms with Crippen molar-refractivity contribution < 1.29 is 9.90 Å². The molecular weight excluding hydrogens is 460 g/mol. The Kier molecular flexibility index (Phi) is 7.37. The maximum atomic E-state index is 12.7. The zero-order valence-electron chi connectivity index (χ0n) is 21.5. The second-order valence-corrected chi connectivity index (χ2v) is 10.1. The number of nitrogens with zero attached hydrogens (tertiary/aromatic N) is 2. The highest BCUT2D eigenvalue weighted by atomic mass is 16.3. The van der Waals surface area contributed by atoms with Crippen LogP contribution >= 0.6 is 0 Å². The second-order valence-electron chi connectivity index (χ2n) is 10.1. The second kappa shape index (κ2) is 11.0. The van der Waals surface area contributed by atoms with Crippen LogP contribution in [0.3, 0.4) is 0 Å². The van der Waals surface area contributed by atoms with Gasteiger partial charge in [-0.05, 0) is 75.7 Å². The number of aromatic amines is 1. The molecule has 1 amide bonds. The fourth-order valence-corrected chi connectivity index (χ4v) is 4.95. The Balaban J connectivity index is 1.54. The minimum absolute atomic E-state index is 0.0285. The van der Waals surface area contributed by atoms with Crippen LogP contribution in [0.25, 0.3) is 10.9 Å². The van der Waals surface area contributed by atoms with Crippen LogP contribution in [-0.2, 0) is 6.54 Å². The van der Waals surface area contributed by atoms with Crippen molar-refractivity contribution in [3.05, 3.63) is 95.1 Å². The topological polar surface area (TPSA) is 80.7 Å². The Labute approximate surface area is 218 Å². The average Bonchev–Trinajstić information content (AvgIpc) is 3.23. The number of aliphatic imine (C=N–C) groups is 1. The number of rotatable bonds is 7. The lowest BCUT2D eigenvalue weighted by molar-refractivity contribution is 0.0943. The number of piperidine rings is 1. The van der Waals surface area contributed by atoms with Crippen LogP contribution in [0.4, 0.5) is 5.69 Å². The number of hydrogen-bond acceptors (Lipinski definition) is 4. The molecule has 6 heteroatoms. The van der Waals surface area contributed by atoms with Crippen molar-refractivity contribution in [2.45, 2.75) is 45.7 Å². The highest BCUT2D eigenvalue weighted by molar-refractivity contribution is 6.22. The molecule has 3 N–H and O–H groups in total. The lowest BCUT2D eigenvalue weighted by Gasteiger charge is -2.26. The summed E-state index contributed by atoms with van der Waals surface area (Å²) in [6, 6.07) is 23.6. The fourth-order valence-electron chi connectivity index (χ4n) is 4.95. The van der Waals surface area contributed by atoms with Crippen molar-refractivity contribution in [2.24, 2.45) is 4.99 Å². The number of carbonyl (C=O) groups excluding carboxylic acids is 1. The summed E-state index contributed by atoms with van der Waals surface area (Å²) in [6.07, 6.45) is 3.88. The summed E-state index contributed by atoms with van der Waals surface area (Å²) in [5.41, 5.74) is 5.48. The van der Waals surface area contributed by atoms with E-state index in [0.717, 1.165) is 41.8 Å². The monoisotopic (exact) mass is 494 g/mol. The first-order valence-corrected chi connectivity index (χ1v) is 13.1. The van der Waals surface area contributed by atoms with Gasteiger partial charge in [-0.25, -0.2) is 4.99 Å². The summed E-state index contributed by atoms with van der Waals surface area (Å²) >= 11 is 0. The van der Waals surface area contributed by atoms with Gasteiger partial charge in [0.2, 0.25) is 0 Å². The Morgan fingerprint density at radius 1 is 0.973 bits per heavy atom. The van der Waals surface area contributed by atoms with Crippen LogP contribution in [-0.4, -0.2) is 45.7 Å². The fraction of sp³-hybridized carbons (Fsp3) is 0.290. The SMILES string of the molecule is CC(C)NC(=O)c1ccc2[nH]c(O)c(C(=Nc3ccc(CN4CCCCC4)cc3)c3ccccc3)c2c1. The third-order valence-corrected chi connectivity index (χ3v) is 6.78. The molecule has 0 aliphatic carbocycles. The molecule has 1 aliphatic rings. The van der Waals surface area contributed by atoms with E-state index < -0.39 is 0 Å². The van der Waals surface area contributed by atoms with Gasteiger partial charge in [-0.15, -0.1) is 0 Å². The van der Waals surface area contributed by atoms with E-state index in [1.807, 2.05) is 68.4 Å². The lowest BCUT2D eigenvalue weighted by atomic mass is 9.99. The summed E-state index contributed by atoms with van der Waals surface area (Å²) < 4.78 is 0. The largest absolute Gasteiger partial charge is 0.494 e. The molecule has 0 unspecified atom stereocenters. The van der Waals surface area contributed by atoms with E-state index in [1.54, 1.807) is 6.07 Å². The number of likely N-dealkylation sites (tertiary alicyclic amines) is 1. The Morgan fingerprint density at radius 2 is 1.70 bits per heavy atom. The minimum Gasteiger partial charge on any atom is -0.494 e. The van der Waals surface area contributed by atoms with E-state index in [9.17, 15) is 9.90 Å². The van der Waals surface area contributed by atoms with Crippen LogP contribution in [0.2, 0.25) is 0 Å². The van der Waals surface area contributed by atoms with E-state index in [4.69, 9.17) is 4.99 Å². The van der Waals surface area contributed by atoms with E-state index in [0.29, 0.717) is 16.8 Å². The van der Waals surface area contributed by atoms with E-state index in [2.05, 4.69) is 27.3 Å². The Bertz CT molecular complexity index is 1400. The van der Waals surface area contributed by atoms with Gasteiger partial charge in [0.15, 0.2) is 5.88 Å². The maximum Gasteiger partial charge on any atom is 0.251 e. The van der Waals surface area contributed by atoms with Crippen LogP contribution in [0, 0.1) is 0 Å². The molecule has 2 heterocycles. The number of fused-ring (bicyclic) bond motifs is 1. The molecule has 0 atom stereocenters. The summed E-state index contributed by atoms with van der Waals surface area (Å²) in [4.78, 5) is 23.3. The number of amides is 1. The molecule has 190 valence electrons. The van der Waals surface area contributed by atoms with Crippen LogP contribution in [0.1, 0.15) is 60.2 Å². The number of aromatic hydroxyl groups is 1. The molecule has 1 aromatic heterocycles. The van der Waals surface area contributed by atoms with Crippen molar-refractivity contribution in [1.82, 2.24) is 15.2 Å². The molecule has 37 heavy (non-hydrogen) atoms. The summed E-state index contributed by atoms with van der Waals surface area (Å²) in [6.45, 7) is 7.15. The number of benzene rings is 3. The third-order valence-electron chi connectivity index (χ3n) is 6.78. The predicted octanol–water partition coefficient (Wildman–Crippen LogP) is 6.17. The number of nitrogens with one attached hydrogen (secondary N) is 2. The van der Waals surface area contributed by atoms with Crippen molar-refractivity contribution >= 4 is 28.2 Å². The van der Waals surface area contributed by atoms with Crippen molar-refractivity contribution in [1.29, 1.82) is 0 Å².